The van der Waals surface area contributed by atoms with Gasteiger partial charge in [0.1, 0.15) is 11.4 Å². The van der Waals surface area contributed by atoms with E-state index in [4.69, 9.17) is 4.42 Å². The zero-order valence-corrected chi connectivity index (χ0v) is 11.2. The van der Waals surface area contributed by atoms with Crippen LogP contribution in [0, 0.1) is 0 Å². The van der Waals surface area contributed by atoms with Gasteiger partial charge in [-0.1, -0.05) is 18.2 Å². The minimum Gasteiger partial charge on any atom is -0.451 e. The Kier molecular flexibility index (Phi) is 3.77. The van der Waals surface area contributed by atoms with E-state index in [9.17, 15) is 4.79 Å². The summed E-state index contributed by atoms with van der Waals surface area (Å²) in [6.45, 7) is 1.02. The molecular weight excluding hydrogens is 268 g/mol. The molecule has 6 heteroatoms. The molecule has 0 spiro atoms. The SMILES string of the molecule is O=C(NCCNc1cnccn1)c1cc2ccccc2o1. The average Bonchev–Trinajstić information content (AvgIpc) is 2.96. The van der Waals surface area contributed by atoms with Crippen LogP contribution >= 0.6 is 0 Å². The van der Waals surface area contributed by atoms with Crippen LogP contribution in [-0.4, -0.2) is 29.0 Å². The predicted octanol–water partition coefficient (Wildman–Crippen LogP) is 2.06. The molecule has 0 bridgehead atoms. The van der Waals surface area contributed by atoms with Crippen molar-refractivity contribution >= 4 is 22.7 Å². The molecule has 0 atom stereocenters. The highest BCUT2D eigenvalue weighted by Gasteiger charge is 2.10. The van der Waals surface area contributed by atoms with E-state index in [0.717, 1.165) is 5.39 Å². The fraction of sp³-hybridized carbons (Fsp3) is 0.133. The number of anilines is 1. The van der Waals surface area contributed by atoms with Crippen molar-refractivity contribution in [3.8, 4) is 0 Å². The van der Waals surface area contributed by atoms with E-state index in [1.165, 1.54) is 0 Å². The van der Waals surface area contributed by atoms with Gasteiger partial charge in [0.15, 0.2) is 5.76 Å². The third kappa shape index (κ3) is 3.17. The van der Waals surface area contributed by atoms with Crippen LogP contribution in [0.25, 0.3) is 11.0 Å². The summed E-state index contributed by atoms with van der Waals surface area (Å²) in [5.74, 6) is 0.762. The fourth-order valence-electron chi connectivity index (χ4n) is 1.94. The van der Waals surface area contributed by atoms with Crippen molar-refractivity contribution in [1.29, 1.82) is 0 Å². The highest BCUT2D eigenvalue weighted by atomic mass is 16.3. The van der Waals surface area contributed by atoms with E-state index in [1.807, 2.05) is 24.3 Å². The fourth-order valence-corrected chi connectivity index (χ4v) is 1.94. The molecule has 6 nitrogen and oxygen atoms in total. The molecule has 1 amide bonds. The van der Waals surface area contributed by atoms with Crippen LogP contribution in [0.2, 0.25) is 0 Å². The minimum atomic E-state index is -0.229. The molecule has 2 aromatic heterocycles. The van der Waals surface area contributed by atoms with Crippen molar-refractivity contribution in [2.45, 2.75) is 0 Å². The molecule has 106 valence electrons. The van der Waals surface area contributed by atoms with Crippen LogP contribution in [0.15, 0.2) is 53.3 Å². The van der Waals surface area contributed by atoms with Crippen molar-refractivity contribution < 1.29 is 9.21 Å². The lowest BCUT2D eigenvalue weighted by Gasteiger charge is -2.05. The van der Waals surface area contributed by atoms with Gasteiger partial charge >= 0.3 is 0 Å². The predicted molar refractivity (Wildman–Crippen MR) is 79.1 cm³/mol. The lowest BCUT2D eigenvalue weighted by Crippen LogP contribution is -2.28. The van der Waals surface area contributed by atoms with Gasteiger partial charge in [-0.3, -0.25) is 9.78 Å². The van der Waals surface area contributed by atoms with Crippen molar-refractivity contribution in [2.24, 2.45) is 0 Å². The molecule has 21 heavy (non-hydrogen) atoms. The lowest BCUT2D eigenvalue weighted by molar-refractivity contribution is 0.0929. The Bertz CT molecular complexity index is 707. The summed E-state index contributed by atoms with van der Waals surface area (Å²) < 4.78 is 5.49. The first-order valence-electron chi connectivity index (χ1n) is 6.59. The van der Waals surface area contributed by atoms with Crippen molar-refractivity contribution in [3.05, 3.63) is 54.7 Å². The number of hydrogen-bond acceptors (Lipinski definition) is 5. The van der Waals surface area contributed by atoms with Gasteiger partial charge in [0, 0.05) is 30.9 Å². The smallest absolute Gasteiger partial charge is 0.287 e. The number of amides is 1. The molecule has 0 fully saturated rings. The molecule has 0 aliphatic carbocycles. The Balaban J connectivity index is 1.52. The van der Waals surface area contributed by atoms with Gasteiger partial charge in [-0.15, -0.1) is 0 Å². The molecule has 2 heterocycles. The van der Waals surface area contributed by atoms with Gasteiger partial charge in [-0.05, 0) is 12.1 Å². The molecule has 0 saturated heterocycles. The zero-order chi connectivity index (χ0) is 14.5. The number of nitrogens with zero attached hydrogens (tertiary/aromatic N) is 2. The van der Waals surface area contributed by atoms with Crippen molar-refractivity contribution in [1.82, 2.24) is 15.3 Å². The highest BCUT2D eigenvalue weighted by Crippen LogP contribution is 2.18. The molecular formula is C15H14N4O2. The standard InChI is InChI=1S/C15H14N4O2/c20-15(13-9-11-3-1-2-4-12(11)21-13)19-8-7-18-14-10-16-5-6-17-14/h1-6,9-10H,7-8H2,(H,17,18)(H,19,20). The second kappa shape index (κ2) is 6.04. The molecule has 0 saturated carbocycles. The number of para-hydroxylation sites is 1. The number of furan rings is 1. The Morgan fingerprint density at radius 3 is 2.90 bits per heavy atom. The third-order valence-electron chi connectivity index (χ3n) is 2.93. The van der Waals surface area contributed by atoms with Crippen LogP contribution in [0.3, 0.4) is 0 Å². The maximum absolute atomic E-state index is 12.0. The number of benzene rings is 1. The van der Waals surface area contributed by atoms with Gasteiger partial charge in [0.25, 0.3) is 5.91 Å². The Morgan fingerprint density at radius 1 is 1.19 bits per heavy atom. The first kappa shape index (κ1) is 13.1. The topological polar surface area (TPSA) is 80.0 Å². The van der Waals surface area contributed by atoms with E-state index >= 15 is 0 Å². The normalized spacial score (nSPS) is 10.5. The minimum absolute atomic E-state index is 0.229. The molecule has 0 aliphatic heterocycles. The highest BCUT2D eigenvalue weighted by molar-refractivity contribution is 5.96. The van der Waals surface area contributed by atoms with E-state index in [2.05, 4.69) is 20.6 Å². The number of carbonyl (C=O) groups excluding carboxylic acids is 1. The second-order valence-electron chi connectivity index (χ2n) is 4.42. The largest absolute Gasteiger partial charge is 0.451 e. The monoisotopic (exact) mass is 282 g/mol. The van der Waals surface area contributed by atoms with Crippen LogP contribution < -0.4 is 10.6 Å². The maximum atomic E-state index is 12.0. The lowest BCUT2D eigenvalue weighted by atomic mass is 10.2. The van der Waals surface area contributed by atoms with Crippen molar-refractivity contribution in [3.63, 3.8) is 0 Å². The van der Waals surface area contributed by atoms with Gasteiger partial charge in [-0.25, -0.2) is 4.98 Å². The number of hydrogen-bond donors (Lipinski definition) is 2. The summed E-state index contributed by atoms with van der Waals surface area (Å²) >= 11 is 0. The van der Waals surface area contributed by atoms with Crippen LogP contribution in [0.5, 0.6) is 0 Å². The number of aromatic nitrogens is 2. The summed E-state index contributed by atoms with van der Waals surface area (Å²) in [4.78, 5) is 20.0. The molecule has 3 aromatic rings. The van der Waals surface area contributed by atoms with E-state index in [-0.39, 0.29) is 5.91 Å². The number of carbonyl (C=O) groups is 1. The van der Waals surface area contributed by atoms with Gasteiger partial charge in [0.05, 0.1) is 6.20 Å². The maximum Gasteiger partial charge on any atom is 0.287 e. The Hall–Kier alpha value is -2.89. The van der Waals surface area contributed by atoms with E-state index in [0.29, 0.717) is 30.3 Å². The van der Waals surface area contributed by atoms with Crippen LogP contribution in [0.4, 0.5) is 5.82 Å². The molecule has 0 radical (unpaired) electrons. The summed E-state index contributed by atoms with van der Waals surface area (Å²) in [5, 5.41) is 6.76. The number of nitrogens with one attached hydrogen (secondary N) is 2. The van der Waals surface area contributed by atoms with E-state index < -0.39 is 0 Å². The molecule has 0 aliphatic rings. The van der Waals surface area contributed by atoms with Gasteiger partial charge in [-0.2, -0.15) is 0 Å². The Labute approximate surface area is 121 Å². The average molecular weight is 282 g/mol. The summed E-state index contributed by atoms with van der Waals surface area (Å²) in [7, 11) is 0. The molecule has 0 unspecified atom stereocenters. The van der Waals surface area contributed by atoms with Crippen LogP contribution in [-0.2, 0) is 0 Å². The van der Waals surface area contributed by atoms with Crippen LogP contribution in [0.1, 0.15) is 10.6 Å². The molecule has 2 N–H and O–H groups in total. The Morgan fingerprint density at radius 2 is 2.10 bits per heavy atom. The van der Waals surface area contributed by atoms with E-state index in [1.54, 1.807) is 24.7 Å². The zero-order valence-electron chi connectivity index (χ0n) is 11.2. The molecule has 3 rings (SSSR count). The molecule has 1 aromatic carbocycles. The van der Waals surface area contributed by atoms with Gasteiger partial charge in [0.2, 0.25) is 0 Å². The van der Waals surface area contributed by atoms with Crippen molar-refractivity contribution in [2.75, 3.05) is 18.4 Å². The second-order valence-corrected chi connectivity index (χ2v) is 4.42. The number of rotatable bonds is 5. The first-order chi connectivity index (χ1) is 10.3. The third-order valence-corrected chi connectivity index (χ3v) is 2.93. The summed E-state index contributed by atoms with van der Waals surface area (Å²) in [6, 6.07) is 9.26. The summed E-state index contributed by atoms with van der Waals surface area (Å²) in [6.07, 6.45) is 4.84. The number of fused-ring (bicyclic) bond motifs is 1. The first-order valence-corrected chi connectivity index (χ1v) is 6.59. The summed E-state index contributed by atoms with van der Waals surface area (Å²) in [5.41, 5.74) is 0.709. The van der Waals surface area contributed by atoms with Gasteiger partial charge < -0.3 is 15.1 Å². The quantitative estimate of drug-likeness (QED) is 0.700.